The highest BCUT2D eigenvalue weighted by molar-refractivity contribution is 7.89. The van der Waals surface area contributed by atoms with Gasteiger partial charge in [-0.1, -0.05) is 6.92 Å². The lowest BCUT2D eigenvalue weighted by Crippen LogP contribution is -2.45. The van der Waals surface area contributed by atoms with Crippen LogP contribution in [-0.2, 0) is 10.0 Å². The molecular formula is C17H27F2N3O2S. The summed E-state index contributed by atoms with van der Waals surface area (Å²) in [6, 6.07) is 2.91. The van der Waals surface area contributed by atoms with E-state index in [-0.39, 0.29) is 10.9 Å². The number of nitrogens with zero attached hydrogens (tertiary/aromatic N) is 3. The van der Waals surface area contributed by atoms with Crippen molar-refractivity contribution in [2.24, 2.45) is 0 Å². The Morgan fingerprint density at radius 3 is 2.52 bits per heavy atom. The molecule has 142 valence electrons. The van der Waals surface area contributed by atoms with Gasteiger partial charge in [-0.15, -0.1) is 0 Å². The van der Waals surface area contributed by atoms with Crippen LogP contribution in [0.3, 0.4) is 0 Å². The second kappa shape index (κ2) is 8.53. The van der Waals surface area contributed by atoms with Crippen molar-refractivity contribution in [3.63, 3.8) is 0 Å². The van der Waals surface area contributed by atoms with Gasteiger partial charge in [-0.25, -0.2) is 17.2 Å². The fourth-order valence-corrected chi connectivity index (χ4v) is 4.64. The lowest BCUT2D eigenvalue weighted by atomic mass is 10.2. The van der Waals surface area contributed by atoms with Gasteiger partial charge < -0.3 is 4.90 Å². The highest BCUT2D eigenvalue weighted by Crippen LogP contribution is 2.23. The Morgan fingerprint density at radius 1 is 1.20 bits per heavy atom. The molecule has 1 saturated heterocycles. The van der Waals surface area contributed by atoms with Gasteiger partial charge in [-0.05, 0) is 58.2 Å². The van der Waals surface area contributed by atoms with Gasteiger partial charge in [0.05, 0.1) is 4.90 Å². The Labute approximate surface area is 149 Å². The summed E-state index contributed by atoms with van der Waals surface area (Å²) in [6.07, 6.45) is 1.99. The van der Waals surface area contributed by atoms with Crippen molar-refractivity contribution in [3.8, 4) is 0 Å². The monoisotopic (exact) mass is 375 g/mol. The van der Waals surface area contributed by atoms with Gasteiger partial charge in [0.25, 0.3) is 0 Å². The molecule has 2 rings (SSSR count). The van der Waals surface area contributed by atoms with Gasteiger partial charge in [0, 0.05) is 25.7 Å². The Bertz CT molecular complexity index is 682. The van der Waals surface area contributed by atoms with Crippen LogP contribution in [0.1, 0.15) is 19.8 Å². The van der Waals surface area contributed by atoms with E-state index in [1.807, 2.05) is 19.0 Å². The highest BCUT2D eigenvalue weighted by Gasteiger charge is 2.31. The molecular weight excluding hydrogens is 348 g/mol. The summed E-state index contributed by atoms with van der Waals surface area (Å²) in [4.78, 5) is 3.97. The molecule has 0 bridgehead atoms. The number of benzene rings is 1. The van der Waals surface area contributed by atoms with E-state index in [2.05, 4.69) is 11.8 Å². The number of hydrogen-bond donors (Lipinski definition) is 0. The van der Waals surface area contributed by atoms with Crippen LogP contribution in [0.15, 0.2) is 23.1 Å². The first-order valence-corrected chi connectivity index (χ1v) is 10.0. The number of hydrogen-bond acceptors (Lipinski definition) is 4. The van der Waals surface area contributed by atoms with Crippen LogP contribution in [-0.4, -0.2) is 75.4 Å². The number of halogens is 2. The second-order valence-electron chi connectivity index (χ2n) is 6.67. The van der Waals surface area contributed by atoms with Crippen LogP contribution in [0.25, 0.3) is 0 Å². The van der Waals surface area contributed by atoms with Gasteiger partial charge in [-0.3, -0.25) is 4.90 Å². The maximum Gasteiger partial charge on any atom is 0.243 e. The molecule has 1 aromatic rings. The van der Waals surface area contributed by atoms with E-state index in [4.69, 9.17) is 0 Å². The fourth-order valence-electron chi connectivity index (χ4n) is 3.16. The van der Waals surface area contributed by atoms with Crippen LogP contribution < -0.4 is 0 Å². The van der Waals surface area contributed by atoms with Gasteiger partial charge in [-0.2, -0.15) is 4.31 Å². The third kappa shape index (κ3) is 4.97. The molecule has 0 saturated carbocycles. The van der Waals surface area contributed by atoms with Crippen molar-refractivity contribution in [3.05, 3.63) is 29.8 Å². The van der Waals surface area contributed by atoms with Gasteiger partial charge in [0.2, 0.25) is 10.0 Å². The van der Waals surface area contributed by atoms with Crippen LogP contribution in [0.4, 0.5) is 8.78 Å². The quantitative estimate of drug-likeness (QED) is 0.697. The fraction of sp³-hybridized carbons (Fsp3) is 0.647. The summed E-state index contributed by atoms with van der Waals surface area (Å²) in [6.45, 7) is 5.13. The van der Waals surface area contributed by atoms with E-state index in [1.165, 1.54) is 4.31 Å². The van der Waals surface area contributed by atoms with E-state index in [9.17, 15) is 17.2 Å². The van der Waals surface area contributed by atoms with Crippen LogP contribution in [0.2, 0.25) is 0 Å². The van der Waals surface area contributed by atoms with Crippen LogP contribution in [0, 0.1) is 11.6 Å². The van der Waals surface area contributed by atoms with Crippen molar-refractivity contribution in [2.45, 2.75) is 30.7 Å². The first-order valence-electron chi connectivity index (χ1n) is 8.59. The van der Waals surface area contributed by atoms with Crippen LogP contribution >= 0.6 is 0 Å². The predicted molar refractivity (Wildman–Crippen MR) is 93.9 cm³/mol. The Hall–Kier alpha value is -1.09. The molecule has 0 spiro atoms. The van der Waals surface area contributed by atoms with Gasteiger partial charge in [0.1, 0.15) is 0 Å². The van der Waals surface area contributed by atoms with Crippen molar-refractivity contribution in [1.29, 1.82) is 0 Å². The van der Waals surface area contributed by atoms with Crippen LogP contribution in [0.5, 0.6) is 0 Å². The Kier molecular flexibility index (Phi) is 6.90. The Morgan fingerprint density at radius 2 is 1.92 bits per heavy atom. The maximum atomic E-state index is 13.5. The average Bonchev–Trinajstić information content (AvgIpc) is 3.00. The van der Waals surface area contributed by atoms with E-state index in [1.54, 1.807) is 0 Å². The van der Waals surface area contributed by atoms with E-state index < -0.39 is 21.7 Å². The molecule has 25 heavy (non-hydrogen) atoms. The van der Waals surface area contributed by atoms with Gasteiger partial charge in [0.15, 0.2) is 11.6 Å². The smallest absolute Gasteiger partial charge is 0.243 e. The molecule has 8 heteroatoms. The summed E-state index contributed by atoms with van der Waals surface area (Å²) < 4.78 is 54.1. The zero-order valence-electron chi connectivity index (χ0n) is 15.1. The number of likely N-dealkylation sites (tertiary alicyclic amines) is 1. The molecule has 5 nitrogen and oxygen atoms in total. The molecule has 1 aromatic carbocycles. The largest absolute Gasteiger partial charge is 0.308 e. The molecule has 0 amide bonds. The topological polar surface area (TPSA) is 43.9 Å². The van der Waals surface area contributed by atoms with Crippen molar-refractivity contribution < 1.29 is 17.2 Å². The molecule has 1 aliphatic rings. The molecule has 1 aliphatic heterocycles. The standard InChI is InChI=1S/C17H27F2N3O2S/c1-4-21-9-5-6-14(21)13-22(11-10-20(2)3)25(23,24)15-7-8-16(18)17(19)12-15/h7-8,12,14H,4-6,9-11,13H2,1-3H3. The average molecular weight is 375 g/mol. The minimum absolute atomic E-state index is 0.159. The summed E-state index contributed by atoms with van der Waals surface area (Å²) in [5.74, 6) is -2.20. The first kappa shape index (κ1) is 20.2. The SMILES string of the molecule is CCN1CCCC1CN(CCN(C)C)S(=O)(=O)c1ccc(F)c(F)c1. The zero-order valence-corrected chi connectivity index (χ0v) is 15.9. The third-order valence-corrected chi connectivity index (χ3v) is 6.51. The summed E-state index contributed by atoms with van der Waals surface area (Å²) in [5, 5.41) is 0. The Balaban J connectivity index is 2.27. The molecule has 0 aliphatic carbocycles. The summed E-state index contributed by atoms with van der Waals surface area (Å²) in [5.41, 5.74) is 0. The molecule has 0 N–H and O–H groups in total. The number of sulfonamides is 1. The zero-order chi connectivity index (χ0) is 18.6. The normalized spacial score (nSPS) is 19.2. The molecule has 1 atom stereocenters. The lowest BCUT2D eigenvalue weighted by Gasteiger charge is -2.30. The number of likely N-dealkylation sites (N-methyl/N-ethyl adjacent to an activating group) is 2. The number of rotatable bonds is 8. The van der Waals surface area contributed by atoms with E-state index in [0.29, 0.717) is 19.6 Å². The lowest BCUT2D eigenvalue weighted by molar-refractivity contribution is 0.220. The predicted octanol–water partition coefficient (Wildman–Crippen LogP) is 2.00. The van der Waals surface area contributed by atoms with Crippen molar-refractivity contribution in [1.82, 2.24) is 14.1 Å². The molecule has 1 unspecified atom stereocenters. The molecule has 0 aromatic heterocycles. The maximum absolute atomic E-state index is 13.5. The highest BCUT2D eigenvalue weighted by atomic mass is 32.2. The molecule has 1 heterocycles. The third-order valence-electron chi connectivity index (χ3n) is 4.65. The van der Waals surface area contributed by atoms with Gasteiger partial charge >= 0.3 is 0 Å². The second-order valence-corrected chi connectivity index (χ2v) is 8.60. The molecule has 0 radical (unpaired) electrons. The molecule has 1 fully saturated rings. The van der Waals surface area contributed by atoms with Crippen molar-refractivity contribution >= 4 is 10.0 Å². The summed E-state index contributed by atoms with van der Waals surface area (Å²) >= 11 is 0. The summed E-state index contributed by atoms with van der Waals surface area (Å²) in [7, 11) is -0.139. The van der Waals surface area contributed by atoms with E-state index in [0.717, 1.165) is 44.1 Å². The van der Waals surface area contributed by atoms with E-state index >= 15 is 0 Å². The minimum atomic E-state index is -3.88. The minimum Gasteiger partial charge on any atom is -0.308 e. The van der Waals surface area contributed by atoms with Crippen molar-refractivity contribution in [2.75, 3.05) is 46.8 Å². The first-order chi connectivity index (χ1) is 11.8.